The Morgan fingerprint density at radius 3 is 2.00 bits per heavy atom. The molecule has 4 atom stereocenters. The van der Waals surface area contributed by atoms with Crippen molar-refractivity contribution in [2.75, 3.05) is 33.5 Å². The third-order valence-electron chi connectivity index (χ3n) is 6.19. The van der Waals surface area contributed by atoms with Crippen molar-refractivity contribution in [1.29, 1.82) is 0 Å². The third kappa shape index (κ3) is 1.80. The molecule has 0 unspecified atom stereocenters. The van der Waals surface area contributed by atoms with Gasteiger partial charge in [-0.25, -0.2) is 0 Å². The Balaban J connectivity index is 2.48. The Kier molecular flexibility index (Phi) is 4.76. The summed E-state index contributed by atoms with van der Waals surface area (Å²) >= 11 is 0. The molecule has 2 fully saturated rings. The Morgan fingerprint density at radius 1 is 0.900 bits per heavy atom. The number of methoxy groups -OCH3 is 1. The maximum absolute atomic E-state index is 10.1. The van der Waals surface area contributed by atoms with E-state index in [1.165, 1.54) is 0 Å². The molecule has 2 aliphatic carbocycles. The minimum atomic E-state index is -0.873. The summed E-state index contributed by atoms with van der Waals surface area (Å²) in [6, 6.07) is 0. The Hall–Kier alpha value is -0.200. The fourth-order valence-electron chi connectivity index (χ4n) is 5.00. The molecule has 5 heteroatoms. The van der Waals surface area contributed by atoms with E-state index in [0.717, 1.165) is 32.1 Å². The molecule has 0 aromatic carbocycles. The molecular weight excluding hydrogens is 260 g/mol. The Labute approximate surface area is 120 Å². The van der Waals surface area contributed by atoms with Crippen LogP contribution in [0.5, 0.6) is 0 Å². The fourth-order valence-corrected chi connectivity index (χ4v) is 5.00. The van der Waals surface area contributed by atoms with E-state index in [9.17, 15) is 20.4 Å². The number of aliphatic hydroxyl groups is 4. The van der Waals surface area contributed by atoms with Crippen molar-refractivity contribution in [3.8, 4) is 0 Å². The van der Waals surface area contributed by atoms with Crippen LogP contribution >= 0.6 is 0 Å². The second-order valence-corrected chi connectivity index (χ2v) is 6.45. The second-order valence-electron chi connectivity index (χ2n) is 6.45. The van der Waals surface area contributed by atoms with Gasteiger partial charge in [0.25, 0.3) is 0 Å². The van der Waals surface area contributed by atoms with Gasteiger partial charge in [-0.1, -0.05) is 25.7 Å². The lowest BCUT2D eigenvalue weighted by Gasteiger charge is -2.41. The van der Waals surface area contributed by atoms with Gasteiger partial charge in [-0.15, -0.1) is 0 Å². The van der Waals surface area contributed by atoms with Crippen molar-refractivity contribution in [2.45, 2.75) is 44.1 Å². The maximum Gasteiger partial charge on any atom is 0.0996 e. The fraction of sp³-hybridized carbons (Fsp3) is 1.00. The average molecular weight is 288 g/mol. The zero-order valence-corrected chi connectivity index (χ0v) is 12.3. The van der Waals surface area contributed by atoms with Crippen molar-refractivity contribution < 1.29 is 25.2 Å². The van der Waals surface area contributed by atoms with Crippen molar-refractivity contribution >= 4 is 0 Å². The second kappa shape index (κ2) is 5.89. The van der Waals surface area contributed by atoms with Crippen LogP contribution in [0.3, 0.4) is 0 Å². The number of hydrogen-bond donors (Lipinski definition) is 4. The number of ether oxygens (including phenoxy) is 1. The summed E-state index contributed by atoms with van der Waals surface area (Å²) in [4.78, 5) is 0. The van der Waals surface area contributed by atoms with E-state index in [0.29, 0.717) is 6.42 Å². The molecule has 20 heavy (non-hydrogen) atoms. The summed E-state index contributed by atoms with van der Waals surface area (Å²) in [5, 5.41) is 39.8. The highest BCUT2D eigenvalue weighted by Crippen LogP contribution is 2.76. The lowest BCUT2D eigenvalue weighted by Crippen LogP contribution is -2.51. The summed E-state index contributed by atoms with van der Waals surface area (Å²) in [5.41, 5.74) is -2.14. The average Bonchev–Trinajstić information content (AvgIpc) is 3.08. The highest BCUT2D eigenvalue weighted by molar-refractivity contribution is 5.28. The van der Waals surface area contributed by atoms with E-state index in [2.05, 4.69) is 0 Å². The highest BCUT2D eigenvalue weighted by atomic mass is 16.5. The molecule has 0 bridgehead atoms. The first-order chi connectivity index (χ1) is 9.64. The molecule has 2 rings (SSSR count). The molecule has 0 spiro atoms. The summed E-state index contributed by atoms with van der Waals surface area (Å²) in [7, 11) is 1.56. The van der Waals surface area contributed by atoms with Crippen molar-refractivity contribution in [3.63, 3.8) is 0 Å². The van der Waals surface area contributed by atoms with E-state index in [-0.39, 0.29) is 32.3 Å². The lowest BCUT2D eigenvalue weighted by atomic mass is 9.74. The van der Waals surface area contributed by atoms with Gasteiger partial charge in [0.05, 0.1) is 18.8 Å². The van der Waals surface area contributed by atoms with Gasteiger partial charge in [0.1, 0.15) is 0 Å². The molecule has 2 aliphatic rings. The molecule has 118 valence electrons. The maximum atomic E-state index is 10.1. The lowest BCUT2D eigenvalue weighted by molar-refractivity contribution is -0.144. The molecule has 0 aliphatic heterocycles. The van der Waals surface area contributed by atoms with Crippen LogP contribution in [0.15, 0.2) is 0 Å². The van der Waals surface area contributed by atoms with Crippen molar-refractivity contribution in [1.82, 2.24) is 0 Å². The minimum Gasteiger partial charge on any atom is -0.396 e. The van der Waals surface area contributed by atoms with Crippen LogP contribution in [-0.2, 0) is 4.74 Å². The number of hydrogen-bond acceptors (Lipinski definition) is 5. The van der Waals surface area contributed by atoms with E-state index >= 15 is 0 Å². The molecule has 0 saturated heterocycles. The topological polar surface area (TPSA) is 90.2 Å². The van der Waals surface area contributed by atoms with E-state index in [1.807, 2.05) is 0 Å². The van der Waals surface area contributed by atoms with Gasteiger partial charge < -0.3 is 25.2 Å². The minimum absolute atomic E-state index is 0.0795. The molecule has 0 radical (unpaired) electrons. The van der Waals surface area contributed by atoms with Gasteiger partial charge >= 0.3 is 0 Å². The number of rotatable bonds is 5. The molecule has 2 saturated carbocycles. The van der Waals surface area contributed by atoms with Gasteiger partial charge in [0.15, 0.2) is 0 Å². The third-order valence-corrected chi connectivity index (χ3v) is 6.19. The van der Waals surface area contributed by atoms with Gasteiger partial charge in [-0.05, 0) is 12.8 Å². The molecular formula is C15H28O5. The standard InChI is InChI=1S/C15H28O5/c1-20-14(10-18)7-5-3-2-4-6-13(9-17)12(8-16)15(13,14)11-19/h12,16-19H,2-11H2,1H3/t12-,13-,14-,15+/m0/s1. The van der Waals surface area contributed by atoms with Gasteiger partial charge in [-0.3, -0.25) is 0 Å². The number of aliphatic hydroxyl groups excluding tert-OH is 4. The van der Waals surface area contributed by atoms with E-state index < -0.39 is 16.4 Å². The van der Waals surface area contributed by atoms with Gasteiger partial charge in [0.2, 0.25) is 0 Å². The first-order valence-corrected chi connectivity index (χ1v) is 7.63. The van der Waals surface area contributed by atoms with Crippen LogP contribution in [0, 0.1) is 16.7 Å². The van der Waals surface area contributed by atoms with Crippen LogP contribution in [0.2, 0.25) is 0 Å². The number of fused-ring (bicyclic) bond motifs is 1. The monoisotopic (exact) mass is 288 g/mol. The SMILES string of the molecule is CO[C@]1(CO)CCCCCC[C@]2(CO)[C@H](CO)[C@@]12CO. The summed E-state index contributed by atoms with van der Waals surface area (Å²) in [5.74, 6) is -0.213. The van der Waals surface area contributed by atoms with Gasteiger partial charge in [-0.2, -0.15) is 0 Å². The molecule has 0 aromatic rings. The molecule has 5 nitrogen and oxygen atoms in total. The first kappa shape index (κ1) is 16.2. The highest BCUT2D eigenvalue weighted by Gasteiger charge is 2.82. The van der Waals surface area contributed by atoms with Crippen LogP contribution in [-0.4, -0.2) is 59.6 Å². The molecule has 0 amide bonds. The quantitative estimate of drug-likeness (QED) is 0.584. The zero-order chi connectivity index (χ0) is 14.9. The summed E-state index contributed by atoms with van der Waals surface area (Å²) < 4.78 is 5.69. The molecule has 4 N–H and O–H groups in total. The predicted octanol–water partition coefficient (Wildman–Crippen LogP) is 0.298. The summed E-state index contributed by atoms with van der Waals surface area (Å²) in [6.07, 6.45) is 5.46. The van der Waals surface area contributed by atoms with Crippen LogP contribution < -0.4 is 0 Å². The van der Waals surface area contributed by atoms with E-state index in [4.69, 9.17) is 4.74 Å². The van der Waals surface area contributed by atoms with E-state index in [1.54, 1.807) is 7.11 Å². The first-order valence-electron chi connectivity index (χ1n) is 7.63. The summed E-state index contributed by atoms with van der Waals surface area (Å²) in [6.45, 7) is -0.536. The van der Waals surface area contributed by atoms with Crippen LogP contribution in [0.1, 0.15) is 38.5 Å². The largest absolute Gasteiger partial charge is 0.396 e. The van der Waals surface area contributed by atoms with Gasteiger partial charge in [0, 0.05) is 37.1 Å². The molecule has 0 heterocycles. The Bertz CT molecular complexity index is 330. The normalized spacial score (nSPS) is 45.1. The smallest absolute Gasteiger partial charge is 0.0996 e. The predicted molar refractivity (Wildman–Crippen MR) is 74.1 cm³/mol. The Morgan fingerprint density at radius 2 is 1.55 bits per heavy atom. The zero-order valence-electron chi connectivity index (χ0n) is 12.3. The van der Waals surface area contributed by atoms with Crippen LogP contribution in [0.4, 0.5) is 0 Å². The van der Waals surface area contributed by atoms with Crippen molar-refractivity contribution in [3.05, 3.63) is 0 Å². The van der Waals surface area contributed by atoms with Crippen LogP contribution in [0.25, 0.3) is 0 Å². The van der Waals surface area contributed by atoms with Crippen molar-refractivity contribution in [2.24, 2.45) is 16.7 Å². The molecule has 0 aromatic heterocycles.